The number of aryl methyl sites for hydroxylation is 1. The second-order valence-electron chi connectivity index (χ2n) is 5.04. The fourth-order valence-electron chi connectivity index (χ4n) is 1.99. The molecule has 0 bridgehead atoms. The molecule has 0 saturated carbocycles. The molecule has 0 fully saturated rings. The van der Waals surface area contributed by atoms with E-state index >= 15 is 0 Å². The maximum Gasteiger partial charge on any atom is 0.352 e. The summed E-state index contributed by atoms with van der Waals surface area (Å²) in [6.45, 7) is 6.17. The van der Waals surface area contributed by atoms with E-state index in [1.54, 1.807) is 13.8 Å². The first-order chi connectivity index (χ1) is 9.11. The normalized spacial score (nSPS) is 13.7. The molecule has 0 amide bonds. The minimum absolute atomic E-state index is 0.0750. The van der Waals surface area contributed by atoms with E-state index in [4.69, 9.17) is 5.11 Å². The SMILES string of the molecule is Cc1[nH]c(C(=O)O)c(C)c1S(=O)(=O)NC(CO)C(C)C. The molecule has 114 valence electrons. The minimum atomic E-state index is -3.90. The van der Waals surface area contributed by atoms with Gasteiger partial charge in [0.05, 0.1) is 6.61 Å². The number of aromatic amines is 1. The summed E-state index contributed by atoms with van der Waals surface area (Å²) in [4.78, 5) is 13.5. The van der Waals surface area contributed by atoms with Crippen LogP contribution in [0.15, 0.2) is 4.90 Å². The third kappa shape index (κ3) is 3.20. The van der Waals surface area contributed by atoms with Crippen molar-refractivity contribution >= 4 is 16.0 Å². The summed E-state index contributed by atoms with van der Waals surface area (Å²) in [6.07, 6.45) is 0. The van der Waals surface area contributed by atoms with Gasteiger partial charge in [0.2, 0.25) is 10.0 Å². The quantitative estimate of drug-likeness (QED) is 0.614. The number of sulfonamides is 1. The molecule has 0 aromatic carbocycles. The summed E-state index contributed by atoms with van der Waals surface area (Å²) in [5.74, 6) is -1.30. The zero-order valence-corrected chi connectivity index (χ0v) is 12.7. The van der Waals surface area contributed by atoms with Crippen molar-refractivity contribution in [2.75, 3.05) is 6.61 Å². The highest BCUT2D eigenvalue weighted by Gasteiger charge is 2.29. The predicted octanol–water partition coefficient (Wildman–Crippen LogP) is 0.625. The first-order valence-corrected chi connectivity index (χ1v) is 7.65. The Labute approximate surface area is 118 Å². The van der Waals surface area contributed by atoms with Gasteiger partial charge >= 0.3 is 5.97 Å². The largest absolute Gasteiger partial charge is 0.477 e. The Morgan fingerprint density at radius 1 is 1.35 bits per heavy atom. The van der Waals surface area contributed by atoms with Crippen molar-refractivity contribution in [1.29, 1.82) is 0 Å². The van der Waals surface area contributed by atoms with Gasteiger partial charge in [-0.05, 0) is 19.8 Å². The van der Waals surface area contributed by atoms with E-state index in [9.17, 15) is 18.3 Å². The Kier molecular flexibility index (Phi) is 4.95. The minimum Gasteiger partial charge on any atom is -0.477 e. The molecule has 1 aromatic heterocycles. The van der Waals surface area contributed by atoms with Crippen molar-refractivity contribution in [2.45, 2.75) is 38.6 Å². The molecule has 0 aliphatic rings. The number of H-pyrrole nitrogens is 1. The van der Waals surface area contributed by atoms with Crippen LogP contribution in [0.4, 0.5) is 0 Å². The summed E-state index contributed by atoms with van der Waals surface area (Å²) in [5, 5.41) is 18.2. The second kappa shape index (κ2) is 5.94. The van der Waals surface area contributed by atoms with Crippen LogP contribution in [0.2, 0.25) is 0 Å². The lowest BCUT2D eigenvalue weighted by Gasteiger charge is -2.20. The molecular weight excluding hydrogens is 284 g/mol. The second-order valence-corrected chi connectivity index (χ2v) is 6.69. The molecule has 4 N–H and O–H groups in total. The van der Waals surface area contributed by atoms with Crippen LogP contribution in [0.1, 0.15) is 35.6 Å². The molecule has 0 aliphatic carbocycles. The number of rotatable bonds is 6. The van der Waals surface area contributed by atoms with Crippen molar-refractivity contribution in [1.82, 2.24) is 9.71 Å². The Bertz CT molecular complexity index is 604. The fraction of sp³-hybridized carbons (Fsp3) is 0.583. The fourth-order valence-corrected chi connectivity index (χ4v) is 3.81. The van der Waals surface area contributed by atoms with Crippen molar-refractivity contribution < 1.29 is 23.4 Å². The monoisotopic (exact) mass is 304 g/mol. The number of aromatic carboxylic acids is 1. The van der Waals surface area contributed by atoms with Crippen LogP contribution in [-0.2, 0) is 10.0 Å². The topological polar surface area (TPSA) is 119 Å². The molecule has 1 aromatic rings. The lowest BCUT2D eigenvalue weighted by atomic mass is 10.1. The number of carboxylic acid groups (broad SMARTS) is 1. The highest BCUT2D eigenvalue weighted by Crippen LogP contribution is 2.23. The maximum atomic E-state index is 12.3. The van der Waals surface area contributed by atoms with E-state index in [1.165, 1.54) is 13.8 Å². The molecule has 1 rings (SSSR count). The average molecular weight is 304 g/mol. The number of carbonyl (C=O) groups is 1. The van der Waals surface area contributed by atoms with Gasteiger partial charge in [-0.15, -0.1) is 0 Å². The van der Waals surface area contributed by atoms with Gasteiger partial charge in [-0.25, -0.2) is 17.9 Å². The Balaban J connectivity index is 3.26. The van der Waals surface area contributed by atoms with Gasteiger partial charge in [-0.2, -0.15) is 0 Å². The van der Waals surface area contributed by atoms with Crippen LogP contribution in [0.3, 0.4) is 0 Å². The van der Waals surface area contributed by atoms with Gasteiger partial charge in [0.25, 0.3) is 0 Å². The molecule has 0 radical (unpaired) electrons. The standard InChI is InChI=1S/C12H20N2O5S/c1-6(2)9(5-15)14-20(18,19)11-7(3)10(12(16)17)13-8(11)4/h6,9,13-15H,5H2,1-4H3,(H,16,17). The van der Waals surface area contributed by atoms with E-state index in [2.05, 4.69) is 9.71 Å². The van der Waals surface area contributed by atoms with Crippen molar-refractivity contribution in [3.05, 3.63) is 17.0 Å². The number of nitrogens with one attached hydrogen (secondary N) is 2. The van der Waals surface area contributed by atoms with Crippen LogP contribution in [-0.4, -0.2) is 42.2 Å². The van der Waals surface area contributed by atoms with E-state index in [-0.39, 0.29) is 34.4 Å². The van der Waals surface area contributed by atoms with E-state index < -0.39 is 22.0 Å². The molecule has 0 saturated heterocycles. The summed E-state index contributed by atoms with van der Waals surface area (Å²) in [6, 6.07) is -0.623. The van der Waals surface area contributed by atoms with Gasteiger partial charge in [-0.3, -0.25) is 0 Å². The number of carboxylic acids is 1. The number of aliphatic hydroxyl groups excluding tert-OH is 1. The van der Waals surface area contributed by atoms with Gasteiger partial charge < -0.3 is 15.2 Å². The van der Waals surface area contributed by atoms with Crippen LogP contribution >= 0.6 is 0 Å². The lowest BCUT2D eigenvalue weighted by Crippen LogP contribution is -2.41. The van der Waals surface area contributed by atoms with E-state index in [0.717, 1.165) is 0 Å². The molecule has 8 heteroatoms. The number of aromatic nitrogens is 1. The first kappa shape index (κ1) is 16.7. The number of hydrogen-bond acceptors (Lipinski definition) is 4. The zero-order valence-electron chi connectivity index (χ0n) is 11.9. The summed E-state index contributed by atoms with van der Waals surface area (Å²) >= 11 is 0. The first-order valence-electron chi connectivity index (χ1n) is 6.17. The van der Waals surface area contributed by atoms with Crippen LogP contribution < -0.4 is 4.72 Å². The Morgan fingerprint density at radius 3 is 2.25 bits per heavy atom. The molecule has 0 aliphatic heterocycles. The van der Waals surface area contributed by atoms with Crippen molar-refractivity contribution in [2.24, 2.45) is 5.92 Å². The highest BCUT2D eigenvalue weighted by molar-refractivity contribution is 7.89. The van der Waals surface area contributed by atoms with Crippen LogP contribution in [0, 0.1) is 19.8 Å². The Hall–Kier alpha value is -1.38. The predicted molar refractivity (Wildman–Crippen MR) is 73.3 cm³/mol. The molecule has 7 nitrogen and oxygen atoms in total. The summed E-state index contributed by atoms with van der Waals surface area (Å²) in [5.41, 5.74) is 0.267. The van der Waals surface area contributed by atoms with Crippen molar-refractivity contribution in [3.63, 3.8) is 0 Å². The van der Waals surface area contributed by atoms with Gasteiger partial charge in [-0.1, -0.05) is 13.8 Å². The third-order valence-corrected chi connectivity index (χ3v) is 4.92. The molecular formula is C12H20N2O5S. The molecule has 1 unspecified atom stereocenters. The van der Waals surface area contributed by atoms with E-state index in [0.29, 0.717) is 0 Å². The average Bonchev–Trinajstić information content (AvgIpc) is 2.62. The number of hydrogen-bond donors (Lipinski definition) is 4. The molecule has 20 heavy (non-hydrogen) atoms. The van der Waals surface area contributed by atoms with Crippen LogP contribution in [0.5, 0.6) is 0 Å². The van der Waals surface area contributed by atoms with Gasteiger partial charge in [0, 0.05) is 17.3 Å². The van der Waals surface area contributed by atoms with Gasteiger partial charge in [0.15, 0.2) is 0 Å². The van der Waals surface area contributed by atoms with Crippen molar-refractivity contribution in [3.8, 4) is 0 Å². The Morgan fingerprint density at radius 2 is 1.90 bits per heavy atom. The molecule has 1 atom stereocenters. The van der Waals surface area contributed by atoms with Crippen LogP contribution in [0.25, 0.3) is 0 Å². The van der Waals surface area contributed by atoms with Gasteiger partial charge in [0.1, 0.15) is 10.6 Å². The smallest absolute Gasteiger partial charge is 0.352 e. The summed E-state index contributed by atoms with van der Waals surface area (Å²) in [7, 11) is -3.90. The summed E-state index contributed by atoms with van der Waals surface area (Å²) < 4.78 is 27.1. The third-order valence-electron chi connectivity index (χ3n) is 3.16. The van der Waals surface area contributed by atoms with E-state index in [1.807, 2.05) is 0 Å². The zero-order chi connectivity index (χ0) is 15.7. The highest BCUT2D eigenvalue weighted by atomic mass is 32.2. The molecule has 1 heterocycles. The molecule has 0 spiro atoms. The lowest BCUT2D eigenvalue weighted by molar-refractivity contribution is 0.0690. The maximum absolute atomic E-state index is 12.3. The number of aliphatic hydroxyl groups is 1.